The third kappa shape index (κ3) is 4.81. The Morgan fingerprint density at radius 1 is 1.89 bits per heavy atom. The second-order valence-electron chi connectivity index (χ2n) is 1.73. The van der Waals surface area contributed by atoms with E-state index in [1.807, 2.05) is 6.26 Å². The van der Waals surface area contributed by atoms with Crippen LogP contribution in [0.25, 0.3) is 0 Å². The zero-order valence-corrected chi connectivity index (χ0v) is 7.04. The van der Waals surface area contributed by atoms with Gasteiger partial charge in [0.15, 0.2) is 0 Å². The first-order valence-electron chi connectivity index (χ1n) is 2.65. The van der Waals surface area contributed by atoms with E-state index in [-0.39, 0.29) is 11.2 Å². The topological polar surface area (TPSA) is 43.1 Å². The largest absolute Gasteiger partial charge is 0.321 e. The minimum absolute atomic E-state index is 0.218. The molecule has 0 spiro atoms. The van der Waals surface area contributed by atoms with Crippen LogP contribution in [-0.2, 0) is 4.79 Å². The van der Waals surface area contributed by atoms with E-state index >= 15 is 0 Å². The number of rotatable bonds is 4. The van der Waals surface area contributed by atoms with E-state index in [2.05, 4.69) is 12.6 Å². The van der Waals surface area contributed by atoms with E-state index < -0.39 is 0 Å². The Labute approximate surface area is 65.0 Å². The van der Waals surface area contributed by atoms with E-state index in [0.717, 1.165) is 12.2 Å². The number of nitrogens with two attached hydrogens (primary N) is 1. The van der Waals surface area contributed by atoms with Gasteiger partial charge in [0.05, 0.1) is 6.04 Å². The summed E-state index contributed by atoms with van der Waals surface area (Å²) in [5.74, 6) is 0.924. The molecule has 1 atom stereocenters. The van der Waals surface area contributed by atoms with Crippen LogP contribution in [0.3, 0.4) is 0 Å². The lowest BCUT2D eigenvalue weighted by Gasteiger charge is -2.03. The van der Waals surface area contributed by atoms with Crippen LogP contribution in [0.2, 0.25) is 0 Å². The Morgan fingerprint density at radius 3 is 2.78 bits per heavy atom. The van der Waals surface area contributed by atoms with Crippen LogP contribution in [-0.4, -0.2) is 23.2 Å². The monoisotopic (exact) mass is 165 g/mol. The molecule has 0 fully saturated rings. The molecule has 0 unspecified atom stereocenters. The maximum absolute atomic E-state index is 10.4. The highest BCUT2D eigenvalue weighted by Crippen LogP contribution is 2.00. The summed E-state index contributed by atoms with van der Waals surface area (Å²) in [6.45, 7) is 0. The Bertz CT molecular complexity index is 97.0. The zero-order chi connectivity index (χ0) is 7.28. The highest BCUT2D eigenvalue weighted by molar-refractivity contribution is 7.98. The summed E-state index contributed by atoms with van der Waals surface area (Å²) in [5.41, 5.74) is 5.36. The Kier molecular flexibility index (Phi) is 5.33. The first-order valence-corrected chi connectivity index (χ1v) is 4.50. The van der Waals surface area contributed by atoms with Crippen LogP contribution >= 0.6 is 24.4 Å². The van der Waals surface area contributed by atoms with E-state index in [4.69, 9.17) is 5.73 Å². The zero-order valence-electron chi connectivity index (χ0n) is 5.33. The van der Waals surface area contributed by atoms with Gasteiger partial charge >= 0.3 is 0 Å². The van der Waals surface area contributed by atoms with Gasteiger partial charge in [0, 0.05) is 0 Å². The second-order valence-corrected chi connectivity index (χ2v) is 3.15. The third-order valence-electron chi connectivity index (χ3n) is 0.950. The molecule has 0 amide bonds. The molecular weight excluding hydrogens is 154 g/mol. The van der Waals surface area contributed by atoms with Gasteiger partial charge in [-0.25, -0.2) is 0 Å². The predicted molar refractivity (Wildman–Crippen MR) is 45.0 cm³/mol. The van der Waals surface area contributed by atoms with Crippen LogP contribution in [0.1, 0.15) is 6.42 Å². The molecular formula is C5H11NOS2. The average molecular weight is 165 g/mol. The summed E-state index contributed by atoms with van der Waals surface area (Å²) < 4.78 is 0. The lowest BCUT2D eigenvalue weighted by molar-refractivity contribution is -0.111. The van der Waals surface area contributed by atoms with Crippen LogP contribution in [0.15, 0.2) is 0 Å². The second kappa shape index (κ2) is 5.14. The molecule has 0 aliphatic rings. The van der Waals surface area contributed by atoms with Crippen LogP contribution in [0.4, 0.5) is 0 Å². The van der Waals surface area contributed by atoms with E-state index in [1.165, 1.54) is 0 Å². The Balaban J connectivity index is 3.27. The van der Waals surface area contributed by atoms with Gasteiger partial charge in [-0.1, -0.05) is 0 Å². The number of carbonyl (C=O) groups excluding carboxylic acids is 1. The number of thiol groups is 1. The molecule has 0 bridgehead atoms. The van der Waals surface area contributed by atoms with E-state index in [9.17, 15) is 4.79 Å². The molecule has 0 rings (SSSR count). The quantitative estimate of drug-likeness (QED) is 0.597. The summed E-state index contributed by atoms with van der Waals surface area (Å²) in [5, 5.41) is -0.218. The van der Waals surface area contributed by atoms with E-state index in [0.29, 0.717) is 0 Å². The number of hydrogen-bond acceptors (Lipinski definition) is 3. The summed E-state index contributed by atoms with van der Waals surface area (Å²) in [7, 11) is 0. The lowest BCUT2D eigenvalue weighted by atomic mass is 10.3. The molecule has 54 valence electrons. The van der Waals surface area contributed by atoms with Crippen molar-refractivity contribution in [3.8, 4) is 0 Å². The SMILES string of the molecule is CSCC[C@@H](N)C(=O)S. The molecule has 2 N–H and O–H groups in total. The van der Waals surface area contributed by atoms with Crippen molar-refractivity contribution < 1.29 is 4.79 Å². The van der Waals surface area contributed by atoms with Gasteiger partial charge in [-0.2, -0.15) is 11.8 Å². The van der Waals surface area contributed by atoms with Crippen molar-refractivity contribution in [1.29, 1.82) is 0 Å². The minimum atomic E-state index is -0.374. The van der Waals surface area contributed by atoms with Crippen LogP contribution < -0.4 is 5.73 Å². The number of carbonyl (C=O) groups is 1. The number of thioether (sulfide) groups is 1. The molecule has 2 nitrogen and oxygen atoms in total. The summed E-state index contributed by atoms with van der Waals surface area (Å²) >= 11 is 5.27. The smallest absolute Gasteiger partial charge is 0.202 e. The van der Waals surface area contributed by atoms with Crippen LogP contribution in [0, 0.1) is 0 Å². The first kappa shape index (κ1) is 9.33. The van der Waals surface area contributed by atoms with Crippen molar-refractivity contribution in [2.45, 2.75) is 12.5 Å². The summed E-state index contributed by atoms with van der Waals surface area (Å²) in [6, 6.07) is -0.374. The molecule has 0 saturated carbocycles. The van der Waals surface area contributed by atoms with Gasteiger partial charge in [0.1, 0.15) is 0 Å². The molecule has 0 aliphatic carbocycles. The summed E-state index contributed by atoms with van der Waals surface area (Å²) in [6.07, 6.45) is 2.71. The highest BCUT2D eigenvalue weighted by atomic mass is 32.2. The maximum Gasteiger partial charge on any atom is 0.202 e. The van der Waals surface area contributed by atoms with Gasteiger partial charge in [-0.3, -0.25) is 4.79 Å². The standard InChI is InChI=1S/C5H11NOS2/c1-9-3-2-4(6)5(7)8/h4H,2-3,6H2,1H3,(H,7,8)/t4-/m1/s1. The fourth-order valence-electron chi connectivity index (χ4n) is 0.368. The van der Waals surface area contributed by atoms with Gasteiger partial charge in [0.25, 0.3) is 0 Å². The third-order valence-corrected chi connectivity index (χ3v) is 1.93. The minimum Gasteiger partial charge on any atom is -0.321 e. The fourth-order valence-corrected chi connectivity index (χ4v) is 0.987. The Hall–Kier alpha value is 0.330. The molecule has 0 radical (unpaired) electrons. The molecule has 0 aromatic carbocycles. The fraction of sp³-hybridized carbons (Fsp3) is 0.800. The first-order chi connectivity index (χ1) is 4.18. The van der Waals surface area contributed by atoms with Crippen molar-refractivity contribution in [2.75, 3.05) is 12.0 Å². The van der Waals surface area contributed by atoms with Crippen molar-refractivity contribution in [2.24, 2.45) is 5.73 Å². The maximum atomic E-state index is 10.4. The highest BCUT2D eigenvalue weighted by Gasteiger charge is 2.06. The van der Waals surface area contributed by atoms with Gasteiger partial charge in [-0.15, -0.1) is 12.6 Å². The van der Waals surface area contributed by atoms with Crippen molar-refractivity contribution in [3.63, 3.8) is 0 Å². The molecule has 4 heteroatoms. The van der Waals surface area contributed by atoms with Gasteiger partial charge < -0.3 is 5.73 Å². The van der Waals surface area contributed by atoms with Crippen molar-refractivity contribution >= 4 is 29.5 Å². The molecule has 0 saturated heterocycles. The average Bonchev–Trinajstić information content (AvgIpc) is 1.82. The van der Waals surface area contributed by atoms with Gasteiger partial charge in [0.2, 0.25) is 5.12 Å². The summed E-state index contributed by atoms with van der Waals surface area (Å²) in [4.78, 5) is 10.4. The Morgan fingerprint density at radius 2 is 2.44 bits per heavy atom. The molecule has 0 aliphatic heterocycles. The van der Waals surface area contributed by atoms with Gasteiger partial charge in [-0.05, 0) is 18.4 Å². The number of hydrogen-bond donors (Lipinski definition) is 2. The molecule has 0 aromatic rings. The molecule has 0 heterocycles. The molecule has 9 heavy (non-hydrogen) atoms. The van der Waals surface area contributed by atoms with Crippen molar-refractivity contribution in [1.82, 2.24) is 0 Å². The van der Waals surface area contributed by atoms with E-state index in [1.54, 1.807) is 11.8 Å². The predicted octanol–water partition coefficient (Wildman–Crippen LogP) is 0.523. The molecule has 0 aromatic heterocycles. The lowest BCUT2D eigenvalue weighted by Crippen LogP contribution is -2.27. The van der Waals surface area contributed by atoms with Crippen molar-refractivity contribution in [3.05, 3.63) is 0 Å². The van der Waals surface area contributed by atoms with Crippen LogP contribution in [0.5, 0.6) is 0 Å². The normalized spacial score (nSPS) is 13.2.